The lowest BCUT2D eigenvalue weighted by molar-refractivity contribution is -0.150. The lowest BCUT2D eigenvalue weighted by atomic mass is 9.82. The lowest BCUT2D eigenvalue weighted by Crippen LogP contribution is -2.70. The molecule has 13 heavy (non-hydrogen) atoms. The number of likely N-dealkylation sites (tertiary alicyclic amines) is 1. The van der Waals surface area contributed by atoms with E-state index in [0.717, 1.165) is 19.4 Å². The van der Waals surface area contributed by atoms with E-state index in [1.54, 1.807) is 4.90 Å². The molecule has 2 rings (SSSR count). The minimum atomic E-state index is -0.651. The number of hydrogen-bond donors (Lipinski definition) is 2. The Bertz CT molecular complexity index is 196. The van der Waals surface area contributed by atoms with E-state index >= 15 is 0 Å². The van der Waals surface area contributed by atoms with Crippen LogP contribution in [-0.4, -0.2) is 47.7 Å². The molecule has 4 nitrogen and oxygen atoms in total. The topological polar surface area (TPSA) is 52.6 Å². The van der Waals surface area contributed by atoms with E-state index < -0.39 is 5.60 Å². The van der Waals surface area contributed by atoms with E-state index in [-0.39, 0.29) is 6.04 Å². The number of rotatable bonds is 2. The minimum Gasteiger partial charge on any atom is -0.385 e. The van der Waals surface area contributed by atoms with Crippen molar-refractivity contribution in [3.63, 3.8) is 0 Å². The molecule has 0 bridgehead atoms. The van der Waals surface area contributed by atoms with Gasteiger partial charge in [0.1, 0.15) is 5.60 Å². The monoisotopic (exact) mass is 184 g/mol. The summed E-state index contributed by atoms with van der Waals surface area (Å²) >= 11 is 0. The molecule has 0 spiro atoms. The fourth-order valence-electron chi connectivity index (χ4n) is 2.26. The smallest absolute Gasteiger partial charge is 0.209 e. The average molecular weight is 184 g/mol. The van der Waals surface area contributed by atoms with E-state index in [1.807, 2.05) is 0 Å². The Labute approximate surface area is 77.9 Å². The van der Waals surface area contributed by atoms with Crippen LogP contribution in [0.4, 0.5) is 0 Å². The molecular formula is C9H16N2O2. The number of aliphatic hydroxyl groups is 1. The minimum absolute atomic E-state index is 0.192. The number of piperidine rings is 1. The third kappa shape index (κ3) is 1.56. The highest BCUT2D eigenvalue weighted by Gasteiger charge is 2.47. The van der Waals surface area contributed by atoms with Gasteiger partial charge in [-0.3, -0.25) is 4.79 Å². The largest absolute Gasteiger partial charge is 0.385 e. The Balaban J connectivity index is 1.89. The van der Waals surface area contributed by atoms with Crippen LogP contribution in [0.15, 0.2) is 0 Å². The summed E-state index contributed by atoms with van der Waals surface area (Å²) in [6.07, 6.45) is 4.21. The van der Waals surface area contributed by atoms with Gasteiger partial charge in [0.05, 0.1) is 13.1 Å². The molecule has 4 heteroatoms. The number of β-amino-alcohol motifs (C(OH)–C–C–N with tert-alkyl or cyclic N) is 1. The summed E-state index contributed by atoms with van der Waals surface area (Å²) in [4.78, 5) is 12.0. The molecule has 2 aliphatic rings. The first-order valence-corrected chi connectivity index (χ1v) is 4.90. The Morgan fingerprint density at radius 2 is 2.23 bits per heavy atom. The molecule has 0 unspecified atom stereocenters. The zero-order chi connectivity index (χ0) is 9.31. The van der Waals surface area contributed by atoms with Gasteiger partial charge in [0, 0.05) is 6.04 Å². The molecule has 2 fully saturated rings. The maximum absolute atomic E-state index is 10.4. The maximum atomic E-state index is 10.4. The molecular weight excluding hydrogens is 168 g/mol. The summed E-state index contributed by atoms with van der Waals surface area (Å²) < 4.78 is 0. The molecule has 0 saturated carbocycles. The van der Waals surface area contributed by atoms with Crippen molar-refractivity contribution in [3.05, 3.63) is 0 Å². The van der Waals surface area contributed by atoms with Gasteiger partial charge in [0.25, 0.3) is 0 Å². The highest BCUT2D eigenvalue weighted by Crippen LogP contribution is 2.27. The van der Waals surface area contributed by atoms with Gasteiger partial charge < -0.3 is 15.3 Å². The number of hydrogen-bond acceptors (Lipinski definition) is 3. The molecule has 0 aromatic carbocycles. The third-order valence-corrected chi connectivity index (χ3v) is 3.06. The van der Waals surface area contributed by atoms with E-state index in [0.29, 0.717) is 13.1 Å². The van der Waals surface area contributed by atoms with Crippen molar-refractivity contribution < 1.29 is 9.90 Å². The number of carbonyl (C=O) groups excluding carboxylic acids is 1. The van der Waals surface area contributed by atoms with Crippen LogP contribution in [0.3, 0.4) is 0 Å². The summed E-state index contributed by atoms with van der Waals surface area (Å²) in [5.74, 6) is 0. The Morgan fingerprint density at radius 3 is 2.77 bits per heavy atom. The molecule has 0 aromatic rings. The molecule has 1 atom stereocenters. The standard InChI is InChI=1S/C9H16N2O2/c12-7-11-5-9(13,6-11)8-3-1-2-4-10-8/h7-8,10,13H,1-6H2/t8-/m0/s1. The van der Waals surface area contributed by atoms with Gasteiger partial charge in [-0.1, -0.05) is 6.42 Å². The van der Waals surface area contributed by atoms with Crippen molar-refractivity contribution in [1.82, 2.24) is 10.2 Å². The predicted octanol–water partition coefficient (Wildman–Crippen LogP) is -0.668. The molecule has 74 valence electrons. The lowest BCUT2D eigenvalue weighted by Gasteiger charge is -2.50. The SMILES string of the molecule is O=CN1CC(O)([C@@H]2CCCCN2)C1. The Kier molecular flexibility index (Phi) is 2.26. The molecule has 0 aliphatic carbocycles. The highest BCUT2D eigenvalue weighted by molar-refractivity contribution is 5.50. The number of amides is 1. The van der Waals surface area contributed by atoms with E-state index in [2.05, 4.69) is 5.32 Å². The van der Waals surface area contributed by atoms with Crippen LogP contribution in [0.25, 0.3) is 0 Å². The first kappa shape index (κ1) is 8.97. The van der Waals surface area contributed by atoms with Gasteiger partial charge in [-0.2, -0.15) is 0 Å². The first-order valence-electron chi connectivity index (χ1n) is 4.90. The van der Waals surface area contributed by atoms with E-state index in [1.165, 1.54) is 12.8 Å². The number of nitrogens with one attached hydrogen (secondary N) is 1. The second kappa shape index (κ2) is 3.27. The molecule has 2 aliphatic heterocycles. The normalized spacial score (nSPS) is 32.4. The van der Waals surface area contributed by atoms with Gasteiger partial charge in [-0.25, -0.2) is 0 Å². The van der Waals surface area contributed by atoms with Gasteiger partial charge in [-0.05, 0) is 19.4 Å². The van der Waals surface area contributed by atoms with E-state index in [4.69, 9.17) is 0 Å². The van der Waals surface area contributed by atoms with Crippen LogP contribution in [0.2, 0.25) is 0 Å². The van der Waals surface area contributed by atoms with Crippen molar-refractivity contribution in [3.8, 4) is 0 Å². The maximum Gasteiger partial charge on any atom is 0.209 e. The van der Waals surface area contributed by atoms with Crippen LogP contribution < -0.4 is 5.32 Å². The zero-order valence-corrected chi connectivity index (χ0v) is 7.70. The quantitative estimate of drug-likeness (QED) is 0.560. The first-order chi connectivity index (χ1) is 6.24. The summed E-state index contributed by atoms with van der Waals surface area (Å²) in [6.45, 7) is 1.98. The Hall–Kier alpha value is -0.610. The van der Waals surface area contributed by atoms with Gasteiger partial charge >= 0.3 is 0 Å². The van der Waals surface area contributed by atoms with Crippen LogP contribution in [0.1, 0.15) is 19.3 Å². The van der Waals surface area contributed by atoms with Gasteiger partial charge in [0.2, 0.25) is 6.41 Å². The van der Waals surface area contributed by atoms with Crippen molar-refractivity contribution in [2.45, 2.75) is 30.9 Å². The molecule has 2 heterocycles. The molecule has 2 N–H and O–H groups in total. The number of nitrogens with zero attached hydrogens (tertiary/aromatic N) is 1. The highest BCUT2D eigenvalue weighted by atomic mass is 16.3. The summed E-state index contributed by atoms with van der Waals surface area (Å²) in [5.41, 5.74) is -0.651. The van der Waals surface area contributed by atoms with Crippen LogP contribution in [0.5, 0.6) is 0 Å². The molecule has 1 amide bonds. The van der Waals surface area contributed by atoms with Crippen molar-refractivity contribution in [1.29, 1.82) is 0 Å². The van der Waals surface area contributed by atoms with Crippen molar-refractivity contribution in [2.75, 3.05) is 19.6 Å². The molecule has 2 saturated heterocycles. The molecule has 0 radical (unpaired) electrons. The van der Waals surface area contributed by atoms with Crippen LogP contribution >= 0.6 is 0 Å². The van der Waals surface area contributed by atoms with Gasteiger partial charge in [0.15, 0.2) is 0 Å². The second-order valence-corrected chi connectivity index (χ2v) is 4.12. The number of carbonyl (C=O) groups is 1. The summed E-state index contributed by atoms with van der Waals surface area (Å²) in [6, 6.07) is 0.192. The fraction of sp³-hybridized carbons (Fsp3) is 0.889. The predicted molar refractivity (Wildman–Crippen MR) is 48.2 cm³/mol. The summed E-state index contributed by atoms with van der Waals surface area (Å²) in [7, 11) is 0. The molecule has 0 aromatic heterocycles. The van der Waals surface area contributed by atoms with Crippen molar-refractivity contribution >= 4 is 6.41 Å². The Morgan fingerprint density at radius 1 is 1.46 bits per heavy atom. The van der Waals surface area contributed by atoms with Gasteiger partial charge in [-0.15, -0.1) is 0 Å². The van der Waals surface area contributed by atoms with Crippen LogP contribution in [0, 0.1) is 0 Å². The average Bonchev–Trinajstić information content (AvgIpc) is 2.14. The second-order valence-electron chi connectivity index (χ2n) is 4.12. The summed E-state index contributed by atoms with van der Waals surface area (Å²) in [5, 5.41) is 13.4. The van der Waals surface area contributed by atoms with Crippen LogP contribution in [-0.2, 0) is 4.79 Å². The fourth-order valence-corrected chi connectivity index (χ4v) is 2.26. The third-order valence-electron chi connectivity index (χ3n) is 3.06. The van der Waals surface area contributed by atoms with E-state index in [9.17, 15) is 9.90 Å². The zero-order valence-electron chi connectivity index (χ0n) is 7.70. The van der Waals surface area contributed by atoms with Crippen molar-refractivity contribution in [2.24, 2.45) is 0 Å².